The second-order valence-electron chi connectivity index (χ2n) is 8.45. The standard InChI is InChI=1S/C25H28F2N4O2/c1-3-17-12-20-18(13-23(17)33)11-16(14-28-20)15-30-7-9-31(10-8-30)21-6-5-19(22(32)4-2)29-24(21)25(26)27/h5-6,11-12,14,25H,3-4,7-10,13,15H2,1-2H3. The smallest absolute Gasteiger partial charge is 0.282 e. The summed E-state index contributed by atoms with van der Waals surface area (Å²) in [6, 6.07) is 5.19. The highest BCUT2D eigenvalue weighted by molar-refractivity contribution is 6.03. The van der Waals surface area contributed by atoms with E-state index >= 15 is 0 Å². The highest BCUT2D eigenvalue weighted by atomic mass is 19.3. The minimum atomic E-state index is -2.74. The zero-order valence-corrected chi connectivity index (χ0v) is 19.0. The van der Waals surface area contributed by atoms with Crippen LogP contribution in [0.3, 0.4) is 0 Å². The van der Waals surface area contributed by atoms with Crippen molar-refractivity contribution in [2.75, 3.05) is 31.1 Å². The molecule has 2 aromatic rings. The van der Waals surface area contributed by atoms with E-state index in [2.05, 4.69) is 20.9 Å². The van der Waals surface area contributed by atoms with Gasteiger partial charge in [0.15, 0.2) is 11.6 Å². The van der Waals surface area contributed by atoms with Crippen LogP contribution in [0, 0.1) is 0 Å². The normalized spacial score (nSPS) is 16.7. The van der Waals surface area contributed by atoms with E-state index in [1.54, 1.807) is 13.0 Å². The number of hydrogen-bond acceptors (Lipinski definition) is 6. The van der Waals surface area contributed by atoms with Gasteiger partial charge in [0.1, 0.15) is 11.4 Å². The molecule has 0 spiro atoms. The van der Waals surface area contributed by atoms with Crippen LogP contribution in [0.1, 0.15) is 66.1 Å². The van der Waals surface area contributed by atoms with Gasteiger partial charge < -0.3 is 4.90 Å². The molecule has 6 nitrogen and oxygen atoms in total. The maximum atomic E-state index is 13.7. The number of fused-ring (bicyclic) bond motifs is 1. The lowest BCUT2D eigenvalue weighted by Gasteiger charge is -2.36. The minimum absolute atomic E-state index is 0.0921. The predicted octanol–water partition coefficient (Wildman–Crippen LogP) is 4.25. The Morgan fingerprint density at radius 1 is 1.15 bits per heavy atom. The van der Waals surface area contributed by atoms with Gasteiger partial charge in [-0.15, -0.1) is 0 Å². The Morgan fingerprint density at radius 2 is 1.91 bits per heavy atom. The number of pyridine rings is 2. The summed E-state index contributed by atoms with van der Waals surface area (Å²) in [5.74, 6) is -0.0808. The molecule has 1 saturated heterocycles. The van der Waals surface area contributed by atoms with Gasteiger partial charge in [0.2, 0.25) is 0 Å². The zero-order chi connectivity index (χ0) is 23.5. The quantitative estimate of drug-likeness (QED) is 0.583. The van der Waals surface area contributed by atoms with Crippen LogP contribution in [-0.4, -0.2) is 52.6 Å². The molecule has 3 heterocycles. The lowest BCUT2D eigenvalue weighted by molar-refractivity contribution is -0.115. The van der Waals surface area contributed by atoms with E-state index in [9.17, 15) is 18.4 Å². The summed E-state index contributed by atoms with van der Waals surface area (Å²) in [5, 5.41) is 0. The molecular formula is C25H28F2N4O2. The number of Topliss-reactive ketones (excluding diaryl/α,β-unsaturated/α-hetero) is 2. The fourth-order valence-corrected chi connectivity index (χ4v) is 4.40. The third-order valence-electron chi connectivity index (χ3n) is 6.29. The lowest BCUT2D eigenvalue weighted by atomic mass is 9.92. The van der Waals surface area contributed by atoms with E-state index in [0.29, 0.717) is 51.3 Å². The predicted molar refractivity (Wildman–Crippen MR) is 123 cm³/mol. The second-order valence-corrected chi connectivity index (χ2v) is 8.45. The largest absolute Gasteiger partial charge is 0.367 e. The van der Waals surface area contributed by atoms with E-state index in [1.807, 2.05) is 24.1 Å². The molecule has 2 aromatic heterocycles. The number of hydrogen-bond donors (Lipinski definition) is 0. The molecule has 0 N–H and O–H groups in total. The highest BCUT2D eigenvalue weighted by Crippen LogP contribution is 2.30. The molecule has 0 bridgehead atoms. The Morgan fingerprint density at radius 3 is 2.58 bits per heavy atom. The first-order chi connectivity index (χ1) is 15.9. The Bertz CT molecular complexity index is 1090. The third-order valence-corrected chi connectivity index (χ3v) is 6.29. The number of halogens is 2. The number of carbonyl (C=O) groups excluding carboxylic acids is 2. The number of alkyl halides is 2. The summed E-state index contributed by atoms with van der Waals surface area (Å²) in [7, 11) is 0. The minimum Gasteiger partial charge on any atom is -0.367 e. The van der Waals surface area contributed by atoms with Crippen LogP contribution < -0.4 is 4.90 Å². The van der Waals surface area contributed by atoms with E-state index in [1.165, 1.54) is 6.07 Å². The topological polar surface area (TPSA) is 66.4 Å². The Kier molecular flexibility index (Phi) is 6.93. The molecule has 4 rings (SSSR count). The van der Waals surface area contributed by atoms with Crippen LogP contribution in [0.2, 0.25) is 0 Å². The summed E-state index contributed by atoms with van der Waals surface area (Å²) in [5.41, 5.74) is 3.86. The summed E-state index contributed by atoms with van der Waals surface area (Å²) in [4.78, 5) is 36.8. The molecule has 174 valence electrons. The van der Waals surface area contributed by atoms with Gasteiger partial charge in [0.05, 0.1) is 11.4 Å². The van der Waals surface area contributed by atoms with Crippen LogP contribution >= 0.6 is 0 Å². The fraction of sp³-hybridized carbons (Fsp3) is 0.440. The van der Waals surface area contributed by atoms with Gasteiger partial charge in [-0.3, -0.25) is 19.5 Å². The Labute approximate surface area is 192 Å². The second kappa shape index (κ2) is 9.87. The molecule has 0 radical (unpaired) electrons. The van der Waals surface area contributed by atoms with Crippen molar-refractivity contribution >= 4 is 23.3 Å². The number of nitrogens with zero attached hydrogens (tertiary/aromatic N) is 4. The molecule has 0 saturated carbocycles. The summed E-state index contributed by atoms with van der Waals surface area (Å²) in [6.07, 6.45) is 2.34. The molecule has 0 aromatic carbocycles. The van der Waals surface area contributed by atoms with Gasteiger partial charge in [-0.25, -0.2) is 13.8 Å². The summed E-state index contributed by atoms with van der Waals surface area (Å²) in [6.45, 7) is 6.93. The molecule has 1 fully saturated rings. The molecular weight excluding hydrogens is 426 g/mol. The van der Waals surface area contributed by atoms with Crippen LogP contribution in [-0.2, 0) is 17.8 Å². The van der Waals surface area contributed by atoms with Crippen LogP contribution in [0.25, 0.3) is 6.08 Å². The monoisotopic (exact) mass is 454 g/mol. The number of piperazine rings is 1. The van der Waals surface area contributed by atoms with Crippen molar-refractivity contribution in [1.82, 2.24) is 14.9 Å². The Balaban J connectivity index is 1.42. The summed E-state index contributed by atoms with van der Waals surface area (Å²) >= 11 is 0. The number of allylic oxidation sites excluding steroid dienone is 1. The third kappa shape index (κ3) is 5.00. The molecule has 1 aliphatic carbocycles. The molecule has 0 unspecified atom stereocenters. The van der Waals surface area contributed by atoms with Crippen molar-refractivity contribution in [3.8, 4) is 0 Å². The molecule has 1 aliphatic heterocycles. The van der Waals surface area contributed by atoms with Gasteiger partial charge in [0, 0.05) is 51.8 Å². The maximum absolute atomic E-state index is 13.7. The molecule has 0 atom stereocenters. The van der Waals surface area contributed by atoms with Gasteiger partial charge in [-0.05, 0) is 41.3 Å². The first-order valence-electron chi connectivity index (χ1n) is 11.4. The van der Waals surface area contributed by atoms with Crippen molar-refractivity contribution in [3.05, 3.63) is 58.2 Å². The first kappa shape index (κ1) is 23.2. The molecule has 0 amide bonds. The Hall–Kier alpha value is -3.00. The van der Waals surface area contributed by atoms with Crippen LogP contribution in [0.5, 0.6) is 0 Å². The van der Waals surface area contributed by atoms with Crippen molar-refractivity contribution in [3.63, 3.8) is 0 Å². The van der Waals surface area contributed by atoms with Gasteiger partial charge in [-0.1, -0.05) is 19.9 Å². The molecule has 33 heavy (non-hydrogen) atoms. The maximum Gasteiger partial charge on any atom is 0.282 e. The lowest BCUT2D eigenvalue weighted by Crippen LogP contribution is -2.46. The number of ketones is 2. The van der Waals surface area contributed by atoms with Crippen LogP contribution in [0.15, 0.2) is 30.0 Å². The van der Waals surface area contributed by atoms with E-state index in [4.69, 9.17) is 0 Å². The molecule has 2 aliphatic rings. The highest BCUT2D eigenvalue weighted by Gasteiger charge is 2.25. The number of rotatable bonds is 7. The van der Waals surface area contributed by atoms with Gasteiger partial charge >= 0.3 is 0 Å². The van der Waals surface area contributed by atoms with Crippen molar-refractivity contribution in [2.45, 2.75) is 46.1 Å². The fourth-order valence-electron chi connectivity index (χ4n) is 4.40. The van der Waals surface area contributed by atoms with Crippen molar-refractivity contribution in [2.24, 2.45) is 0 Å². The SMILES string of the molecule is CCC(=O)c1ccc(N2CCN(Cc3cnc4c(c3)CC(=O)C(CC)=C4)CC2)c(C(F)F)n1. The van der Waals surface area contributed by atoms with E-state index in [0.717, 1.165) is 22.4 Å². The van der Waals surface area contributed by atoms with Crippen molar-refractivity contribution < 1.29 is 18.4 Å². The zero-order valence-electron chi connectivity index (χ0n) is 19.0. The van der Waals surface area contributed by atoms with Crippen molar-refractivity contribution in [1.29, 1.82) is 0 Å². The number of aromatic nitrogens is 2. The first-order valence-corrected chi connectivity index (χ1v) is 11.4. The van der Waals surface area contributed by atoms with E-state index < -0.39 is 6.43 Å². The summed E-state index contributed by atoms with van der Waals surface area (Å²) < 4.78 is 27.3. The molecule has 8 heteroatoms. The average molecular weight is 455 g/mol. The van der Waals surface area contributed by atoms with Gasteiger partial charge in [-0.2, -0.15) is 0 Å². The van der Waals surface area contributed by atoms with Gasteiger partial charge in [0.25, 0.3) is 6.43 Å². The van der Waals surface area contributed by atoms with E-state index in [-0.39, 0.29) is 29.4 Å². The van der Waals surface area contributed by atoms with Crippen LogP contribution in [0.4, 0.5) is 14.5 Å². The number of anilines is 1. The average Bonchev–Trinajstić information content (AvgIpc) is 2.83. The number of carbonyl (C=O) groups is 2.